The third kappa shape index (κ3) is 4.95. The van der Waals surface area contributed by atoms with Crippen molar-refractivity contribution in [2.45, 2.75) is 32.3 Å². The highest BCUT2D eigenvalue weighted by molar-refractivity contribution is 7.13. The summed E-state index contributed by atoms with van der Waals surface area (Å²) in [5.74, 6) is -0.165. The minimum atomic E-state index is -0.476. The zero-order chi connectivity index (χ0) is 15.1. The summed E-state index contributed by atoms with van der Waals surface area (Å²) in [6.07, 6.45) is 3.46. The van der Waals surface area contributed by atoms with Gasteiger partial charge in [-0.15, -0.1) is 11.3 Å². The Bertz CT molecular complexity index is 569. The summed E-state index contributed by atoms with van der Waals surface area (Å²) in [5, 5.41) is 13.3. The average Bonchev–Trinajstić information content (AvgIpc) is 2.95. The Morgan fingerprint density at radius 2 is 2.14 bits per heavy atom. The molecule has 0 fully saturated rings. The third-order valence-corrected chi connectivity index (χ3v) is 4.09. The Kier molecular flexibility index (Phi) is 5.90. The van der Waals surface area contributed by atoms with Crippen molar-refractivity contribution in [1.82, 2.24) is 10.3 Å². The van der Waals surface area contributed by atoms with Gasteiger partial charge in [0, 0.05) is 13.0 Å². The first-order valence-electron chi connectivity index (χ1n) is 7.14. The highest BCUT2D eigenvalue weighted by Crippen LogP contribution is 2.16. The lowest BCUT2D eigenvalue weighted by atomic mass is 10.2. The van der Waals surface area contributed by atoms with E-state index in [2.05, 4.69) is 10.3 Å². The van der Waals surface area contributed by atoms with Gasteiger partial charge in [-0.25, -0.2) is 4.98 Å². The summed E-state index contributed by atoms with van der Waals surface area (Å²) in [7, 11) is 0. The number of benzene rings is 1. The Hall–Kier alpha value is -1.72. The van der Waals surface area contributed by atoms with Gasteiger partial charge >= 0.3 is 0 Å². The summed E-state index contributed by atoms with van der Waals surface area (Å²) in [5.41, 5.74) is 1.18. The highest BCUT2D eigenvalue weighted by atomic mass is 32.1. The fourth-order valence-corrected chi connectivity index (χ4v) is 2.87. The lowest BCUT2D eigenvalue weighted by molar-refractivity contribution is 0.0914. The summed E-state index contributed by atoms with van der Waals surface area (Å²) in [4.78, 5) is 16.8. The van der Waals surface area contributed by atoms with Gasteiger partial charge in [-0.1, -0.05) is 43.7 Å². The van der Waals surface area contributed by atoms with E-state index >= 15 is 0 Å². The number of rotatable bonds is 7. The first-order valence-corrected chi connectivity index (χ1v) is 7.95. The maximum Gasteiger partial charge on any atom is 0.263 e. The zero-order valence-corrected chi connectivity index (χ0v) is 12.9. The van der Waals surface area contributed by atoms with Crippen LogP contribution in [0.25, 0.3) is 0 Å². The van der Waals surface area contributed by atoms with Crippen LogP contribution in [0.15, 0.2) is 36.5 Å². The molecule has 1 aromatic heterocycles. The van der Waals surface area contributed by atoms with E-state index in [1.165, 1.54) is 16.9 Å². The van der Waals surface area contributed by atoms with Crippen molar-refractivity contribution >= 4 is 17.2 Å². The van der Waals surface area contributed by atoms with Crippen molar-refractivity contribution in [2.75, 3.05) is 6.54 Å². The first-order chi connectivity index (χ1) is 10.2. The Balaban J connectivity index is 1.89. The number of aromatic nitrogens is 1. The van der Waals surface area contributed by atoms with Crippen LogP contribution in [0.4, 0.5) is 0 Å². The number of hydrogen-bond donors (Lipinski definition) is 2. The number of carbonyl (C=O) groups is 1. The fourth-order valence-electron chi connectivity index (χ4n) is 2.00. The monoisotopic (exact) mass is 304 g/mol. The summed E-state index contributed by atoms with van der Waals surface area (Å²) < 4.78 is 0. The predicted molar refractivity (Wildman–Crippen MR) is 84.6 cm³/mol. The molecule has 5 heteroatoms. The van der Waals surface area contributed by atoms with Crippen molar-refractivity contribution in [1.29, 1.82) is 0 Å². The molecule has 1 heterocycles. The normalized spacial score (nSPS) is 12.1. The highest BCUT2D eigenvalue weighted by Gasteiger charge is 2.12. The first kappa shape index (κ1) is 15.7. The molecule has 112 valence electrons. The number of hydrogen-bond acceptors (Lipinski definition) is 4. The Morgan fingerprint density at radius 3 is 2.86 bits per heavy atom. The van der Waals surface area contributed by atoms with Gasteiger partial charge in [0.05, 0.1) is 17.3 Å². The maximum atomic E-state index is 12.0. The van der Waals surface area contributed by atoms with Crippen molar-refractivity contribution in [3.63, 3.8) is 0 Å². The van der Waals surface area contributed by atoms with Crippen LogP contribution in [0, 0.1) is 0 Å². The molecule has 0 aliphatic heterocycles. The molecule has 2 aromatic rings. The molecule has 1 amide bonds. The SMILES string of the molecule is CCCC(O)CNC(=O)c1cnc(Cc2ccccc2)s1. The number of nitrogens with zero attached hydrogens (tertiary/aromatic N) is 1. The van der Waals surface area contributed by atoms with Crippen LogP contribution >= 0.6 is 11.3 Å². The largest absolute Gasteiger partial charge is 0.391 e. The van der Waals surface area contributed by atoms with E-state index in [1.54, 1.807) is 6.20 Å². The van der Waals surface area contributed by atoms with Gasteiger partial charge in [-0.3, -0.25) is 4.79 Å². The molecule has 1 aromatic carbocycles. The zero-order valence-electron chi connectivity index (χ0n) is 12.1. The number of thiazole rings is 1. The number of nitrogens with one attached hydrogen (secondary N) is 1. The average molecular weight is 304 g/mol. The quantitative estimate of drug-likeness (QED) is 0.826. The molecular formula is C16H20N2O2S. The van der Waals surface area contributed by atoms with E-state index in [0.29, 0.717) is 17.8 Å². The van der Waals surface area contributed by atoms with E-state index in [0.717, 1.165) is 17.8 Å². The van der Waals surface area contributed by atoms with Crippen molar-refractivity contribution in [3.8, 4) is 0 Å². The van der Waals surface area contributed by atoms with Gasteiger partial charge in [0.1, 0.15) is 4.88 Å². The molecule has 21 heavy (non-hydrogen) atoms. The van der Waals surface area contributed by atoms with E-state index in [4.69, 9.17) is 0 Å². The third-order valence-electron chi connectivity index (χ3n) is 3.10. The lowest BCUT2D eigenvalue weighted by Gasteiger charge is -2.09. The molecule has 0 spiro atoms. The van der Waals surface area contributed by atoms with E-state index in [1.807, 2.05) is 37.3 Å². The van der Waals surface area contributed by atoms with E-state index in [-0.39, 0.29) is 5.91 Å². The molecule has 0 aliphatic rings. The van der Waals surface area contributed by atoms with Crippen LogP contribution in [-0.4, -0.2) is 28.6 Å². The molecule has 1 atom stereocenters. The molecule has 0 aliphatic carbocycles. The Labute approximate surface area is 128 Å². The summed E-state index contributed by atoms with van der Waals surface area (Å²) >= 11 is 1.40. The number of amides is 1. The summed E-state index contributed by atoms with van der Waals surface area (Å²) in [6, 6.07) is 10.0. The van der Waals surface area contributed by atoms with Crippen molar-refractivity contribution in [2.24, 2.45) is 0 Å². The topological polar surface area (TPSA) is 62.2 Å². The minimum Gasteiger partial charge on any atom is -0.391 e. The van der Waals surface area contributed by atoms with Gasteiger partial charge < -0.3 is 10.4 Å². The molecular weight excluding hydrogens is 284 g/mol. The second-order valence-electron chi connectivity index (χ2n) is 4.93. The van der Waals surface area contributed by atoms with Crippen LogP contribution in [0.2, 0.25) is 0 Å². The molecule has 2 rings (SSSR count). The molecule has 0 radical (unpaired) electrons. The Morgan fingerprint density at radius 1 is 1.38 bits per heavy atom. The molecule has 2 N–H and O–H groups in total. The molecule has 1 unspecified atom stereocenters. The van der Waals surface area contributed by atoms with Crippen LogP contribution in [0.5, 0.6) is 0 Å². The van der Waals surface area contributed by atoms with E-state index < -0.39 is 6.10 Å². The molecule has 0 saturated carbocycles. The minimum absolute atomic E-state index is 0.165. The second kappa shape index (κ2) is 7.90. The van der Waals surface area contributed by atoms with Crippen LogP contribution in [-0.2, 0) is 6.42 Å². The van der Waals surface area contributed by atoms with E-state index in [9.17, 15) is 9.90 Å². The van der Waals surface area contributed by atoms with Gasteiger partial charge in [-0.05, 0) is 12.0 Å². The van der Waals surface area contributed by atoms with Crippen LogP contribution < -0.4 is 5.32 Å². The standard InChI is InChI=1S/C16H20N2O2S/c1-2-6-13(19)10-18-16(20)14-11-17-15(21-14)9-12-7-4-3-5-8-12/h3-5,7-8,11,13,19H,2,6,9-10H2,1H3,(H,18,20). The molecule has 4 nitrogen and oxygen atoms in total. The van der Waals surface area contributed by atoms with Gasteiger partial charge in [0.25, 0.3) is 5.91 Å². The number of aliphatic hydroxyl groups excluding tert-OH is 1. The van der Waals surface area contributed by atoms with Crippen LogP contribution in [0.3, 0.4) is 0 Å². The fraction of sp³-hybridized carbons (Fsp3) is 0.375. The molecule has 0 bridgehead atoms. The van der Waals surface area contributed by atoms with Gasteiger partial charge in [0.2, 0.25) is 0 Å². The lowest BCUT2D eigenvalue weighted by Crippen LogP contribution is -2.31. The van der Waals surface area contributed by atoms with Crippen LogP contribution in [0.1, 0.15) is 40.0 Å². The van der Waals surface area contributed by atoms with Gasteiger partial charge in [-0.2, -0.15) is 0 Å². The number of carbonyl (C=O) groups excluding carboxylic acids is 1. The van der Waals surface area contributed by atoms with Gasteiger partial charge in [0.15, 0.2) is 0 Å². The maximum absolute atomic E-state index is 12.0. The van der Waals surface area contributed by atoms with Crippen molar-refractivity contribution < 1.29 is 9.90 Å². The summed E-state index contributed by atoms with van der Waals surface area (Å²) in [6.45, 7) is 2.29. The van der Waals surface area contributed by atoms with Crippen molar-refractivity contribution in [3.05, 3.63) is 52.0 Å². The number of aliphatic hydroxyl groups is 1. The molecule has 0 saturated heterocycles. The predicted octanol–water partition coefficient (Wildman–Crippen LogP) is 2.62. The second-order valence-corrected chi connectivity index (χ2v) is 6.05. The smallest absolute Gasteiger partial charge is 0.263 e.